The van der Waals surface area contributed by atoms with E-state index in [9.17, 15) is 14.0 Å². The Morgan fingerprint density at radius 3 is 2.61 bits per heavy atom. The fourth-order valence-electron chi connectivity index (χ4n) is 2.84. The Morgan fingerprint density at radius 2 is 1.96 bits per heavy atom. The van der Waals surface area contributed by atoms with E-state index in [1.165, 1.54) is 26.5 Å². The molecule has 9 heteroatoms. The molecule has 1 saturated heterocycles. The third-order valence-corrected chi connectivity index (χ3v) is 5.38. The minimum Gasteiger partial charge on any atom is -0.493 e. The van der Waals surface area contributed by atoms with Crippen molar-refractivity contribution in [1.29, 1.82) is 0 Å². The Labute approximate surface area is 166 Å². The molecule has 1 aliphatic rings. The number of benzene rings is 1. The average Bonchev–Trinajstić information content (AvgIpc) is 3.20. The van der Waals surface area contributed by atoms with E-state index in [2.05, 4.69) is 15.6 Å². The number of nitrogens with one attached hydrogen (secondary N) is 2. The quantitative estimate of drug-likeness (QED) is 0.768. The molecule has 0 spiro atoms. The number of aromatic nitrogens is 1. The number of amides is 2. The molecule has 2 heterocycles. The van der Waals surface area contributed by atoms with Crippen molar-refractivity contribution >= 4 is 29.3 Å². The van der Waals surface area contributed by atoms with Crippen molar-refractivity contribution in [2.75, 3.05) is 31.0 Å². The number of hydrogen-bond acceptors (Lipinski definition) is 6. The van der Waals surface area contributed by atoms with E-state index in [1.807, 2.05) is 0 Å². The highest BCUT2D eigenvalue weighted by atomic mass is 32.2. The molecular weight excluding hydrogens is 385 g/mol. The van der Waals surface area contributed by atoms with E-state index in [4.69, 9.17) is 9.47 Å². The fourth-order valence-corrected chi connectivity index (χ4v) is 3.99. The molecule has 1 aliphatic heterocycles. The first-order valence-corrected chi connectivity index (χ1v) is 9.73. The zero-order valence-electron chi connectivity index (χ0n) is 15.5. The van der Waals surface area contributed by atoms with Crippen LogP contribution in [0.2, 0.25) is 0 Å². The summed E-state index contributed by atoms with van der Waals surface area (Å²) in [4.78, 5) is 28.8. The minimum absolute atomic E-state index is 0.0406. The Kier molecular flexibility index (Phi) is 6.35. The fraction of sp³-hybridized carbons (Fsp3) is 0.316. The molecule has 148 valence electrons. The number of ether oxygens (including phenoxy) is 2. The summed E-state index contributed by atoms with van der Waals surface area (Å²) in [5, 5.41) is 5.61. The Balaban J connectivity index is 1.89. The van der Waals surface area contributed by atoms with Crippen molar-refractivity contribution in [2.24, 2.45) is 0 Å². The first-order valence-electron chi connectivity index (χ1n) is 8.58. The number of hydrogen-bond donors (Lipinski definition) is 2. The van der Waals surface area contributed by atoms with Crippen molar-refractivity contribution in [3.63, 3.8) is 0 Å². The summed E-state index contributed by atoms with van der Waals surface area (Å²) in [6.07, 6.45) is 3.17. The molecule has 2 aromatic rings. The van der Waals surface area contributed by atoms with Crippen molar-refractivity contribution in [3.8, 4) is 11.5 Å². The molecular formula is C19H20FN3O4S. The molecule has 1 fully saturated rings. The van der Waals surface area contributed by atoms with Gasteiger partial charge in [-0.2, -0.15) is 11.8 Å². The number of anilines is 1. The van der Waals surface area contributed by atoms with Gasteiger partial charge in [0, 0.05) is 23.6 Å². The molecule has 0 radical (unpaired) electrons. The first-order chi connectivity index (χ1) is 13.5. The van der Waals surface area contributed by atoms with Crippen molar-refractivity contribution < 1.29 is 23.5 Å². The molecule has 7 nitrogen and oxygen atoms in total. The molecule has 3 rings (SSSR count). The second kappa shape index (κ2) is 8.92. The van der Waals surface area contributed by atoms with Crippen LogP contribution in [0.15, 0.2) is 30.6 Å². The van der Waals surface area contributed by atoms with Gasteiger partial charge in [0.2, 0.25) is 0 Å². The SMILES string of the molecule is COc1cc(C(=O)NC2CCSC2)cc(NC(=O)c2cncc(F)c2)c1OC. The Bertz CT molecular complexity index is 887. The van der Waals surface area contributed by atoms with Gasteiger partial charge in [0.1, 0.15) is 5.82 Å². The molecule has 1 unspecified atom stereocenters. The van der Waals surface area contributed by atoms with E-state index in [-0.39, 0.29) is 28.9 Å². The zero-order chi connectivity index (χ0) is 20.1. The van der Waals surface area contributed by atoms with Gasteiger partial charge in [-0.25, -0.2) is 4.39 Å². The standard InChI is InChI=1S/C19H20FN3O4S/c1-26-16-7-11(18(24)22-14-3-4-28-10-14)6-15(17(16)27-2)23-19(25)12-5-13(20)9-21-8-12/h5-9,14H,3-4,10H2,1-2H3,(H,22,24)(H,23,25). The minimum atomic E-state index is -0.625. The second-order valence-corrected chi connectivity index (χ2v) is 7.29. The van der Waals surface area contributed by atoms with Crippen LogP contribution in [-0.2, 0) is 0 Å². The summed E-state index contributed by atoms with van der Waals surface area (Å²) in [5.41, 5.74) is 0.600. The Morgan fingerprint density at radius 1 is 1.14 bits per heavy atom. The lowest BCUT2D eigenvalue weighted by Crippen LogP contribution is -2.34. The van der Waals surface area contributed by atoms with Crippen LogP contribution in [0.5, 0.6) is 11.5 Å². The van der Waals surface area contributed by atoms with Gasteiger partial charge < -0.3 is 20.1 Å². The molecule has 28 heavy (non-hydrogen) atoms. The maximum Gasteiger partial charge on any atom is 0.257 e. The van der Waals surface area contributed by atoms with Crippen molar-refractivity contribution in [1.82, 2.24) is 10.3 Å². The molecule has 1 aromatic heterocycles. The number of rotatable bonds is 6. The zero-order valence-corrected chi connectivity index (χ0v) is 16.3. The van der Waals surface area contributed by atoms with Gasteiger partial charge in [-0.15, -0.1) is 0 Å². The molecule has 2 amide bonds. The molecule has 0 aliphatic carbocycles. The lowest BCUT2D eigenvalue weighted by Gasteiger charge is -2.17. The molecule has 1 atom stereocenters. The van der Waals surface area contributed by atoms with Gasteiger partial charge in [0.05, 0.1) is 31.7 Å². The molecule has 0 bridgehead atoms. The topological polar surface area (TPSA) is 89.6 Å². The van der Waals surface area contributed by atoms with Crippen molar-refractivity contribution in [3.05, 3.63) is 47.5 Å². The van der Waals surface area contributed by atoms with Crippen molar-refractivity contribution in [2.45, 2.75) is 12.5 Å². The number of pyridine rings is 1. The highest BCUT2D eigenvalue weighted by Crippen LogP contribution is 2.37. The summed E-state index contributed by atoms with van der Waals surface area (Å²) in [6, 6.07) is 4.24. The van der Waals surface area contributed by atoms with Gasteiger partial charge in [-0.3, -0.25) is 14.6 Å². The van der Waals surface area contributed by atoms with Gasteiger partial charge in [-0.05, 0) is 30.4 Å². The van der Waals surface area contributed by atoms with Crippen LogP contribution >= 0.6 is 11.8 Å². The first kappa shape index (κ1) is 19.9. The highest BCUT2D eigenvalue weighted by molar-refractivity contribution is 7.99. The predicted molar refractivity (Wildman–Crippen MR) is 105 cm³/mol. The monoisotopic (exact) mass is 405 g/mol. The smallest absolute Gasteiger partial charge is 0.257 e. The van der Waals surface area contributed by atoms with Crippen LogP contribution in [0.3, 0.4) is 0 Å². The lowest BCUT2D eigenvalue weighted by molar-refractivity contribution is 0.0939. The summed E-state index contributed by atoms with van der Waals surface area (Å²) in [6.45, 7) is 0. The van der Waals surface area contributed by atoms with Crippen LogP contribution in [0.4, 0.5) is 10.1 Å². The Hall–Kier alpha value is -2.81. The van der Waals surface area contributed by atoms with E-state index < -0.39 is 11.7 Å². The van der Waals surface area contributed by atoms with Gasteiger partial charge in [0.15, 0.2) is 11.5 Å². The van der Waals surface area contributed by atoms with E-state index >= 15 is 0 Å². The third-order valence-electron chi connectivity index (χ3n) is 4.22. The molecule has 1 aromatic carbocycles. The van der Waals surface area contributed by atoms with Gasteiger partial charge in [-0.1, -0.05) is 0 Å². The number of methoxy groups -OCH3 is 2. The van der Waals surface area contributed by atoms with E-state index in [0.29, 0.717) is 11.3 Å². The number of nitrogens with zero attached hydrogens (tertiary/aromatic N) is 1. The predicted octanol–water partition coefficient (Wildman–Crippen LogP) is 2.73. The number of halogens is 1. The van der Waals surface area contributed by atoms with Crippen LogP contribution in [0, 0.1) is 5.82 Å². The number of carbonyl (C=O) groups is 2. The van der Waals surface area contributed by atoms with Crippen LogP contribution in [0.25, 0.3) is 0 Å². The number of thioether (sulfide) groups is 1. The van der Waals surface area contributed by atoms with Crippen LogP contribution in [0.1, 0.15) is 27.1 Å². The van der Waals surface area contributed by atoms with Crippen LogP contribution in [-0.4, -0.2) is 48.6 Å². The average molecular weight is 405 g/mol. The van der Waals surface area contributed by atoms with E-state index in [1.54, 1.807) is 17.8 Å². The normalized spacial score (nSPS) is 15.8. The number of carbonyl (C=O) groups excluding carboxylic acids is 2. The maximum atomic E-state index is 13.4. The third kappa shape index (κ3) is 4.53. The summed E-state index contributed by atoms with van der Waals surface area (Å²) in [7, 11) is 2.86. The highest BCUT2D eigenvalue weighted by Gasteiger charge is 2.22. The van der Waals surface area contributed by atoms with E-state index in [0.717, 1.165) is 30.2 Å². The summed E-state index contributed by atoms with van der Waals surface area (Å²) in [5.74, 6) is 0.958. The largest absolute Gasteiger partial charge is 0.493 e. The van der Waals surface area contributed by atoms with Gasteiger partial charge in [0.25, 0.3) is 11.8 Å². The lowest BCUT2D eigenvalue weighted by atomic mass is 10.1. The second-order valence-electron chi connectivity index (χ2n) is 6.14. The van der Waals surface area contributed by atoms with Gasteiger partial charge >= 0.3 is 0 Å². The summed E-state index contributed by atoms with van der Waals surface area (Å²) < 4.78 is 24.0. The van der Waals surface area contributed by atoms with Crippen LogP contribution < -0.4 is 20.1 Å². The molecule has 0 saturated carbocycles. The summed E-state index contributed by atoms with van der Waals surface area (Å²) >= 11 is 1.79. The maximum absolute atomic E-state index is 13.4. The molecule has 2 N–H and O–H groups in total.